The van der Waals surface area contributed by atoms with Gasteiger partial charge in [-0.2, -0.15) is 0 Å². The molecule has 0 aliphatic rings. The first-order valence-corrected chi connectivity index (χ1v) is 7.97. The predicted octanol–water partition coefficient (Wildman–Crippen LogP) is 3.80. The van der Waals surface area contributed by atoms with Crippen molar-refractivity contribution in [1.29, 1.82) is 0 Å². The van der Waals surface area contributed by atoms with Gasteiger partial charge in [-0.05, 0) is 19.3 Å². The standard InChI is InChI=1S/C16H28O5/c17-14(11-9-13-16(20)21)10-7-5-3-1-2-4-6-8-12-15(18)19/h1-13H2,(H,18,19)(H,20,21). The first kappa shape index (κ1) is 19.6. The van der Waals surface area contributed by atoms with Gasteiger partial charge in [0.2, 0.25) is 0 Å². The highest BCUT2D eigenvalue weighted by atomic mass is 16.4. The van der Waals surface area contributed by atoms with Crippen LogP contribution in [0, 0.1) is 0 Å². The van der Waals surface area contributed by atoms with Gasteiger partial charge in [-0.1, -0.05) is 38.5 Å². The average Bonchev–Trinajstić information content (AvgIpc) is 2.40. The molecule has 0 radical (unpaired) electrons. The lowest BCUT2D eigenvalue weighted by molar-refractivity contribution is -0.138. The van der Waals surface area contributed by atoms with Crippen LogP contribution in [0.5, 0.6) is 0 Å². The molecule has 0 spiro atoms. The zero-order valence-corrected chi connectivity index (χ0v) is 12.8. The number of hydrogen-bond donors (Lipinski definition) is 2. The van der Waals surface area contributed by atoms with Crippen molar-refractivity contribution in [3.05, 3.63) is 0 Å². The maximum absolute atomic E-state index is 11.4. The van der Waals surface area contributed by atoms with E-state index in [0.29, 0.717) is 19.3 Å². The van der Waals surface area contributed by atoms with Gasteiger partial charge in [0.1, 0.15) is 5.78 Å². The summed E-state index contributed by atoms with van der Waals surface area (Å²) < 4.78 is 0. The Morgan fingerprint density at radius 2 is 0.810 bits per heavy atom. The average molecular weight is 300 g/mol. The van der Waals surface area contributed by atoms with E-state index in [4.69, 9.17) is 10.2 Å². The van der Waals surface area contributed by atoms with Crippen LogP contribution >= 0.6 is 0 Å². The molecule has 0 aromatic carbocycles. The third-order valence-electron chi connectivity index (χ3n) is 3.44. The minimum atomic E-state index is -0.842. The van der Waals surface area contributed by atoms with Gasteiger partial charge in [-0.15, -0.1) is 0 Å². The van der Waals surface area contributed by atoms with E-state index in [0.717, 1.165) is 51.4 Å². The van der Waals surface area contributed by atoms with Crippen molar-refractivity contribution < 1.29 is 24.6 Å². The molecule has 0 aliphatic carbocycles. The summed E-state index contributed by atoms with van der Waals surface area (Å²) in [6, 6.07) is 0. The van der Waals surface area contributed by atoms with Crippen LogP contribution in [-0.2, 0) is 14.4 Å². The molecule has 0 bridgehead atoms. The second-order valence-electron chi connectivity index (χ2n) is 5.51. The summed E-state index contributed by atoms with van der Waals surface area (Å²) >= 11 is 0. The molecule has 0 amide bonds. The van der Waals surface area contributed by atoms with Crippen molar-refractivity contribution in [2.75, 3.05) is 0 Å². The number of carboxylic acid groups (broad SMARTS) is 2. The second kappa shape index (κ2) is 13.6. The van der Waals surface area contributed by atoms with Crippen molar-refractivity contribution in [3.8, 4) is 0 Å². The number of rotatable bonds is 15. The first-order valence-electron chi connectivity index (χ1n) is 7.97. The summed E-state index contributed by atoms with van der Waals surface area (Å²) in [6.45, 7) is 0. The molecule has 5 nitrogen and oxygen atoms in total. The fourth-order valence-corrected chi connectivity index (χ4v) is 2.22. The number of carbonyl (C=O) groups is 3. The zero-order chi connectivity index (χ0) is 15.9. The van der Waals surface area contributed by atoms with E-state index in [-0.39, 0.29) is 18.6 Å². The van der Waals surface area contributed by atoms with E-state index in [2.05, 4.69) is 0 Å². The largest absolute Gasteiger partial charge is 0.481 e. The Hall–Kier alpha value is -1.39. The maximum atomic E-state index is 11.4. The number of ketones is 1. The monoisotopic (exact) mass is 300 g/mol. The van der Waals surface area contributed by atoms with Crippen LogP contribution in [0.25, 0.3) is 0 Å². The number of unbranched alkanes of at least 4 members (excludes halogenated alkanes) is 7. The van der Waals surface area contributed by atoms with Gasteiger partial charge in [0.05, 0.1) is 0 Å². The Kier molecular flexibility index (Phi) is 12.7. The zero-order valence-electron chi connectivity index (χ0n) is 12.8. The SMILES string of the molecule is O=C(O)CCCCCCCCCCC(=O)CCCC(=O)O. The lowest BCUT2D eigenvalue weighted by Gasteiger charge is -2.02. The number of carbonyl (C=O) groups excluding carboxylic acids is 1. The van der Waals surface area contributed by atoms with E-state index in [1.165, 1.54) is 0 Å². The van der Waals surface area contributed by atoms with E-state index in [9.17, 15) is 14.4 Å². The Labute approximate surface area is 126 Å². The van der Waals surface area contributed by atoms with Crippen molar-refractivity contribution in [2.45, 2.75) is 83.5 Å². The molecule has 5 heteroatoms. The van der Waals surface area contributed by atoms with Gasteiger partial charge in [0, 0.05) is 25.7 Å². The predicted molar refractivity (Wildman–Crippen MR) is 80.3 cm³/mol. The van der Waals surface area contributed by atoms with E-state index in [1.807, 2.05) is 0 Å². The molecule has 0 aromatic rings. The summed E-state index contributed by atoms with van der Waals surface area (Å²) in [4.78, 5) is 32.0. The highest BCUT2D eigenvalue weighted by Crippen LogP contribution is 2.11. The number of hydrogen-bond acceptors (Lipinski definition) is 3. The quantitative estimate of drug-likeness (QED) is 0.449. The molecule has 0 saturated heterocycles. The molecular weight excluding hydrogens is 272 g/mol. The molecule has 0 rings (SSSR count). The summed E-state index contributed by atoms with van der Waals surface area (Å²) in [7, 11) is 0. The molecular formula is C16H28O5. The molecule has 0 saturated carbocycles. The van der Waals surface area contributed by atoms with Gasteiger partial charge in [0.15, 0.2) is 0 Å². The normalized spacial score (nSPS) is 10.5. The number of aliphatic carboxylic acids is 2. The highest BCUT2D eigenvalue weighted by molar-refractivity contribution is 5.78. The lowest BCUT2D eigenvalue weighted by Crippen LogP contribution is -2.00. The first-order chi connectivity index (χ1) is 10.0. The molecule has 21 heavy (non-hydrogen) atoms. The number of Topliss-reactive ketones (excluding diaryl/α,β-unsaturated/α-hetero) is 1. The van der Waals surface area contributed by atoms with Gasteiger partial charge in [-0.25, -0.2) is 0 Å². The van der Waals surface area contributed by atoms with Gasteiger partial charge < -0.3 is 10.2 Å². The van der Waals surface area contributed by atoms with E-state index < -0.39 is 11.9 Å². The van der Waals surface area contributed by atoms with Gasteiger partial charge in [0.25, 0.3) is 0 Å². The Morgan fingerprint density at radius 3 is 1.29 bits per heavy atom. The summed E-state index contributed by atoms with van der Waals surface area (Å²) in [6.07, 6.45) is 9.89. The summed E-state index contributed by atoms with van der Waals surface area (Å²) in [5, 5.41) is 16.9. The molecule has 122 valence electrons. The summed E-state index contributed by atoms with van der Waals surface area (Å²) in [5.41, 5.74) is 0. The van der Waals surface area contributed by atoms with E-state index in [1.54, 1.807) is 0 Å². The van der Waals surface area contributed by atoms with Gasteiger partial charge >= 0.3 is 11.9 Å². The van der Waals surface area contributed by atoms with Crippen LogP contribution < -0.4 is 0 Å². The summed E-state index contributed by atoms with van der Waals surface area (Å²) in [5.74, 6) is -1.39. The van der Waals surface area contributed by atoms with Crippen molar-refractivity contribution in [3.63, 3.8) is 0 Å². The Morgan fingerprint density at radius 1 is 0.476 bits per heavy atom. The van der Waals surface area contributed by atoms with Crippen LogP contribution in [0.4, 0.5) is 0 Å². The van der Waals surface area contributed by atoms with Crippen LogP contribution in [0.2, 0.25) is 0 Å². The molecule has 0 atom stereocenters. The Bertz CT molecular complexity index is 312. The molecule has 0 unspecified atom stereocenters. The number of carboxylic acids is 2. The van der Waals surface area contributed by atoms with Crippen LogP contribution in [-0.4, -0.2) is 27.9 Å². The van der Waals surface area contributed by atoms with Crippen molar-refractivity contribution in [2.24, 2.45) is 0 Å². The molecule has 0 aromatic heterocycles. The molecule has 0 heterocycles. The van der Waals surface area contributed by atoms with Crippen molar-refractivity contribution >= 4 is 17.7 Å². The third kappa shape index (κ3) is 16.6. The molecule has 0 fully saturated rings. The van der Waals surface area contributed by atoms with E-state index >= 15 is 0 Å². The molecule has 2 N–H and O–H groups in total. The van der Waals surface area contributed by atoms with Crippen LogP contribution in [0.15, 0.2) is 0 Å². The minimum Gasteiger partial charge on any atom is -0.481 e. The van der Waals surface area contributed by atoms with Gasteiger partial charge in [-0.3, -0.25) is 14.4 Å². The lowest BCUT2D eigenvalue weighted by atomic mass is 10.0. The third-order valence-corrected chi connectivity index (χ3v) is 3.44. The Balaban J connectivity index is 3.19. The maximum Gasteiger partial charge on any atom is 0.303 e. The van der Waals surface area contributed by atoms with Crippen molar-refractivity contribution in [1.82, 2.24) is 0 Å². The highest BCUT2D eigenvalue weighted by Gasteiger charge is 2.04. The molecule has 0 aliphatic heterocycles. The van der Waals surface area contributed by atoms with Crippen LogP contribution in [0.3, 0.4) is 0 Å². The smallest absolute Gasteiger partial charge is 0.303 e. The fraction of sp³-hybridized carbons (Fsp3) is 0.812. The fourth-order valence-electron chi connectivity index (χ4n) is 2.22. The van der Waals surface area contributed by atoms with Crippen LogP contribution in [0.1, 0.15) is 83.5 Å². The second-order valence-corrected chi connectivity index (χ2v) is 5.51. The minimum absolute atomic E-state index is 0.0770. The topological polar surface area (TPSA) is 91.7 Å².